The predicted octanol–water partition coefficient (Wildman–Crippen LogP) is 2.38. The molecule has 17 heavy (non-hydrogen) atoms. The van der Waals surface area contributed by atoms with Gasteiger partial charge in [-0.25, -0.2) is 9.07 Å². The molecule has 0 aliphatic rings. The zero-order valence-electron chi connectivity index (χ0n) is 9.72. The van der Waals surface area contributed by atoms with E-state index in [1.165, 1.54) is 10.7 Å². The van der Waals surface area contributed by atoms with E-state index in [1.54, 1.807) is 24.5 Å². The Hall–Kier alpha value is -2.04. The number of anilines is 1. The summed E-state index contributed by atoms with van der Waals surface area (Å²) in [4.78, 5) is 0. The number of hydrogen-bond donors (Lipinski definition) is 1. The van der Waals surface area contributed by atoms with Gasteiger partial charge in [0.1, 0.15) is 5.82 Å². The van der Waals surface area contributed by atoms with Gasteiger partial charge >= 0.3 is 0 Å². The van der Waals surface area contributed by atoms with Gasteiger partial charge < -0.3 is 10.5 Å². The fraction of sp³-hybridized carbons (Fsp3) is 0.250. The first-order chi connectivity index (χ1) is 8.08. The molecule has 4 nitrogen and oxygen atoms in total. The van der Waals surface area contributed by atoms with Crippen molar-refractivity contribution >= 4 is 5.69 Å². The lowest BCUT2D eigenvalue weighted by Gasteiger charge is -2.07. The molecular formula is C12H14FN3O. The molecule has 0 fully saturated rings. The molecule has 0 spiro atoms. The van der Waals surface area contributed by atoms with Crippen LogP contribution in [0.15, 0.2) is 30.6 Å². The van der Waals surface area contributed by atoms with Crippen LogP contribution in [0.3, 0.4) is 0 Å². The highest BCUT2D eigenvalue weighted by molar-refractivity contribution is 5.58. The molecule has 1 aromatic heterocycles. The average molecular weight is 235 g/mol. The van der Waals surface area contributed by atoms with Crippen LogP contribution < -0.4 is 10.5 Å². The molecule has 1 heterocycles. The minimum absolute atomic E-state index is 0.0671. The van der Waals surface area contributed by atoms with E-state index in [1.807, 2.05) is 13.8 Å². The molecule has 5 heteroatoms. The first-order valence-corrected chi connectivity index (χ1v) is 5.33. The number of hydrogen-bond acceptors (Lipinski definition) is 3. The first-order valence-electron chi connectivity index (χ1n) is 5.33. The van der Waals surface area contributed by atoms with Crippen LogP contribution >= 0.6 is 0 Å². The van der Waals surface area contributed by atoms with Crippen molar-refractivity contribution in [3.63, 3.8) is 0 Å². The van der Waals surface area contributed by atoms with Crippen molar-refractivity contribution in [2.45, 2.75) is 20.0 Å². The molecular weight excluding hydrogens is 221 g/mol. The van der Waals surface area contributed by atoms with Gasteiger partial charge in [0.15, 0.2) is 5.75 Å². The number of aromatic nitrogens is 2. The lowest BCUT2D eigenvalue weighted by atomic mass is 10.2. The Balaban J connectivity index is 2.34. The van der Waals surface area contributed by atoms with Gasteiger partial charge in [0.05, 0.1) is 29.9 Å². The van der Waals surface area contributed by atoms with E-state index in [-0.39, 0.29) is 11.8 Å². The summed E-state index contributed by atoms with van der Waals surface area (Å²) < 4.78 is 20.2. The minimum Gasteiger partial charge on any atom is -0.488 e. The maximum absolute atomic E-state index is 13.3. The summed E-state index contributed by atoms with van der Waals surface area (Å²) in [5.41, 5.74) is 6.23. The average Bonchev–Trinajstić information content (AvgIpc) is 2.69. The van der Waals surface area contributed by atoms with Gasteiger partial charge in [0.2, 0.25) is 0 Å². The van der Waals surface area contributed by atoms with Gasteiger partial charge in [0.25, 0.3) is 0 Å². The molecule has 2 aromatic rings. The van der Waals surface area contributed by atoms with Crippen LogP contribution in [0.5, 0.6) is 5.75 Å². The van der Waals surface area contributed by atoms with E-state index in [4.69, 9.17) is 10.5 Å². The number of para-hydroxylation sites is 1. The molecule has 0 amide bonds. The van der Waals surface area contributed by atoms with E-state index < -0.39 is 5.82 Å². The minimum atomic E-state index is -0.454. The number of benzene rings is 1. The quantitative estimate of drug-likeness (QED) is 0.831. The van der Waals surface area contributed by atoms with E-state index in [0.29, 0.717) is 11.4 Å². The summed E-state index contributed by atoms with van der Waals surface area (Å²) in [7, 11) is 0. The molecule has 90 valence electrons. The van der Waals surface area contributed by atoms with Crippen LogP contribution in [0.25, 0.3) is 5.69 Å². The SMILES string of the molecule is CC(C)Oc1cnn(-c2cccc(F)c2N)c1. The number of nitrogens with two attached hydrogens (primary N) is 1. The summed E-state index contributed by atoms with van der Waals surface area (Å²) in [6.45, 7) is 3.85. The van der Waals surface area contributed by atoms with E-state index in [0.717, 1.165) is 0 Å². The van der Waals surface area contributed by atoms with Gasteiger partial charge in [-0.1, -0.05) is 6.07 Å². The Morgan fingerprint density at radius 3 is 2.88 bits per heavy atom. The van der Waals surface area contributed by atoms with Gasteiger partial charge in [0, 0.05) is 0 Å². The third-order valence-electron chi connectivity index (χ3n) is 2.21. The highest BCUT2D eigenvalue weighted by Crippen LogP contribution is 2.21. The zero-order chi connectivity index (χ0) is 12.4. The lowest BCUT2D eigenvalue weighted by molar-refractivity contribution is 0.242. The second-order valence-corrected chi connectivity index (χ2v) is 3.96. The topological polar surface area (TPSA) is 53.1 Å². The van der Waals surface area contributed by atoms with Gasteiger partial charge in [-0.2, -0.15) is 5.10 Å². The number of ether oxygens (including phenoxy) is 1. The van der Waals surface area contributed by atoms with Crippen molar-refractivity contribution < 1.29 is 9.13 Å². The molecule has 0 unspecified atom stereocenters. The van der Waals surface area contributed by atoms with Crippen LogP contribution in [-0.2, 0) is 0 Å². The Morgan fingerprint density at radius 2 is 2.18 bits per heavy atom. The van der Waals surface area contributed by atoms with Crippen molar-refractivity contribution in [3.8, 4) is 11.4 Å². The first kappa shape index (κ1) is 11.4. The van der Waals surface area contributed by atoms with Crippen molar-refractivity contribution in [2.75, 3.05) is 5.73 Å². The summed E-state index contributed by atoms with van der Waals surface area (Å²) in [5, 5.41) is 4.09. The van der Waals surface area contributed by atoms with E-state index >= 15 is 0 Å². The second kappa shape index (κ2) is 4.45. The predicted molar refractivity (Wildman–Crippen MR) is 63.7 cm³/mol. The zero-order valence-corrected chi connectivity index (χ0v) is 9.72. The molecule has 1 aromatic carbocycles. The molecule has 0 atom stereocenters. The van der Waals surface area contributed by atoms with E-state index in [9.17, 15) is 4.39 Å². The van der Waals surface area contributed by atoms with Crippen LogP contribution in [0.4, 0.5) is 10.1 Å². The number of halogens is 1. The Morgan fingerprint density at radius 1 is 1.41 bits per heavy atom. The normalized spacial score (nSPS) is 10.8. The summed E-state index contributed by atoms with van der Waals surface area (Å²) in [6, 6.07) is 4.60. The number of nitrogens with zero attached hydrogens (tertiary/aromatic N) is 2. The standard InChI is InChI=1S/C12H14FN3O/c1-8(2)17-9-6-15-16(7-9)11-5-3-4-10(13)12(11)14/h3-8H,14H2,1-2H3. The lowest BCUT2D eigenvalue weighted by Crippen LogP contribution is -2.05. The Labute approximate surface area is 98.8 Å². The largest absolute Gasteiger partial charge is 0.488 e. The van der Waals surface area contributed by atoms with Gasteiger partial charge in [-0.15, -0.1) is 0 Å². The molecule has 0 aliphatic heterocycles. The number of nitrogen functional groups attached to an aromatic ring is 1. The summed E-state index contributed by atoms with van der Waals surface area (Å²) >= 11 is 0. The van der Waals surface area contributed by atoms with Crippen LogP contribution in [0.1, 0.15) is 13.8 Å². The molecule has 2 rings (SSSR count). The Bertz CT molecular complexity index is 522. The summed E-state index contributed by atoms with van der Waals surface area (Å²) in [6.07, 6.45) is 3.31. The van der Waals surface area contributed by atoms with Crippen LogP contribution in [-0.4, -0.2) is 15.9 Å². The van der Waals surface area contributed by atoms with Gasteiger partial charge in [-0.05, 0) is 26.0 Å². The smallest absolute Gasteiger partial charge is 0.158 e. The molecule has 0 radical (unpaired) electrons. The van der Waals surface area contributed by atoms with Crippen LogP contribution in [0.2, 0.25) is 0 Å². The maximum Gasteiger partial charge on any atom is 0.158 e. The van der Waals surface area contributed by atoms with Crippen molar-refractivity contribution in [2.24, 2.45) is 0 Å². The van der Waals surface area contributed by atoms with Gasteiger partial charge in [-0.3, -0.25) is 0 Å². The summed E-state index contributed by atoms with van der Waals surface area (Å²) in [5.74, 6) is 0.174. The van der Waals surface area contributed by atoms with Crippen LogP contribution in [0, 0.1) is 5.82 Å². The fourth-order valence-corrected chi connectivity index (χ4v) is 1.50. The number of rotatable bonds is 3. The highest BCUT2D eigenvalue weighted by atomic mass is 19.1. The van der Waals surface area contributed by atoms with Crippen molar-refractivity contribution in [1.29, 1.82) is 0 Å². The molecule has 0 saturated heterocycles. The fourth-order valence-electron chi connectivity index (χ4n) is 1.50. The third-order valence-corrected chi connectivity index (χ3v) is 2.21. The van der Waals surface area contributed by atoms with E-state index in [2.05, 4.69) is 5.10 Å². The maximum atomic E-state index is 13.3. The molecule has 2 N–H and O–H groups in total. The van der Waals surface area contributed by atoms with Crippen molar-refractivity contribution in [1.82, 2.24) is 9.78 Å². The Kier molecular flexibility index (Phi) is 2.99. The van der Waals surface area contributed by atoms with Crippen molar-refractivity contribution in [3.05, 3.63) is 36.4 Å². The second-order valence-electron chi connectivity index (χ2n) is 3.96. The third kappa shape index (κ3) is 2.38. The molecule has 0 aliphatic carbocycles. The molecule has 0 saturated carbocycles. The molecule has 0 bridgehead atoms. The highest BCUT2D eigenvalue weighted by Gasteiger charge is 2.08. The monoisotopic (exact) mass is 235 g/mol.